The van der Waals surface area contributed by atoms with E-state index in [1.165, 1.54) is 4.90 Å². The van der Waals surface area contributed by atoms with Crippen molar-refractivity contribution in [2.75, 3.05) is 6.54 Å². The van der Waals surface area contributed by atoms with Crippen LogP contribution in [0.5, 0.6) is 5.75 Å². The molecular formula is C32H40N4O7. The molecule has 1 saturated carbocycles. The third-order valence-corrected chi connectivity index (χ3v) is 8.25. The lowest BCUT2D eigenvalue weighted by Crippen LogP contribution is -2.56. The number of allylic oxidation sites excluding steroid dienone is 1. The number of ether oxygens (including phenoxy) is 2. The van der Waals surface area contributed by atoms with Gasteiger partial charge in [0, 0.05) is 30.1 Å². The number of carboxylic acid groups (broad SMARTS) is 1. The normalized spacial score (nSPS) is 28.9. The molecule has 2 fully saturated rings. The predicted molar refractivity (Wildman–Crippen MR) is 158 cm³/mol. The largest absolute Gasteiger partial charge is 0.488 e. The van der Waals surface area contributed by atoms with Crippen molar-refractivity contribution in [2.45, 2.75) is 95.0 Å². The Balaban J connectivity index is 1.44. The summed E-state index contributed by atoms with van der Waals surface area (Å²) in [5.74, 6) is -1.83. The number of hydrogen-bond donors (Lipinski definition) is 3. The summed E-state index contributed by atoms with van der Waals surface area (Å²) < 4.78 is 11.8. The number of aliphatic carboxylic acids is 1. The minimum absolute atomic E-state index is 0.0868. The van der Waals surface area contributed by atoms with E-state index in [1.807, 2.05) is 36.4 Å². The summed E-state index contributed by atoms with van der Waals surface area (Å²) in [5, 5.41) is 17.3. The lowest BCUT2D eigenvalue weighted by molar-refractivity contribution is -0.145. The average molecular weight is 593 g/mol. The van der Waals surface area contributed by atoms with Gasteiger partial charge < -0.3 is 30.1 Å². The first-order valence-electron chi connectivity index (χ1n) is 15.0. The maximum Gasteiger partial charge on any atom is 0.408 e. The highest BCUT2D eigenvalue weighted by Crippen LogP contribution is 2.45. The molecule has 5 rings (SSSR count). The maximum atomic E-state index is 14.1. The van der Waals surface area contributed by atoms with Gasteiger partial charge in [0.1, 0.15) is 35.1 Å². The molecule has 1 aliphatic carbocycles. The summed E-state index contributed by atoms with van der Waals surface area (Å²) in [5.41, 5.74) is -2.16. The quantitative estimate of drug-likeness (QED) is 0.452. The Morgan fingerprint density at radius 3 is 2.74 bits per heavy atom. The van der Waals surface area contributed by atoms with Gasteiger partial charge in [0.05, 0.1) is 6.54 Å². The number of nitrogens with zero attached hydrogens (tertiary/aromatic N) is 2. The molecule has 11 nitrogen and oxygen atoms in total. The molecule has 3 heterocycles. The molecule has 0 radical (unpaired) electrons. The van der Waals surface area contributed by atoms with E-state index in [-0.39, 0.29) is 25.3 Å². The number of rotatable bonds is 4. The molecule has 0 spiro atoms. The lowest BCUT2D eigenvalue weighted by atomic mass is 10.0. The second-order valence-corrected chi connectivity index (χ2v) is 12.7. The van der Waals surface area contributed by atoms with Crippen LogP contribution in [-0.4, -0.2) is 74.7 Å². The van der Waals surface area contributed by atoms with Gasteiger partial charge in [-0.1, -0.05) is 37.1 Å². The minimum atomic E-state index is -1.41. The maximum absolute atomic E-state index is 14.1. The zero-order chi connectivity index (χ0) is 30.8. The zero-order valence-electron chi connectivity index (χ0n) is 24.9. The van der Waals surface area contributed by atoms with Crippen molar-refractivity contribution in [3.8, 4) is 5.75 Å². The first-order chi connectivity index (χ1) is 20.5. The Kier molecular flexibility index (Phi) is 8.62. The molecular weight excluding hydrogens is 552 g/mol. The van der Waals surface area contributed by atoms with Crippen LogP contribution in [0.15, 0.2) is 48.8 Å². The van der Waals surface area contributed by atoms with Gasteiger partial charge >= 0.3 is 12.1 Å². The van der Waals surface area contributed by atoms with Crippen LogP contribution in [0, 0.1) is 5.92 Å². The fraction of sp³-hybridized carbons (Fsp3) is 0.531. The number of carboxylic acids is 1. The number of amides is 3. The molecule has 0 unspecified atom stereocenters. The smallest absolute Gasteiger partial charge is 0.408 e. The van der Waals surface area contributed by atoms with Crippen molar-refractivity contribution in [3.63, 3.8) is 0 Å². The van der Waals surface area contributed by atoms with Crippen LogP contribution in [0.1, 0.15) is 65.7 Å². The van der Waals surface area contributed by atoms with E-state index in [9.17, 15) is 24.3 Å². The van der Waals surface area contributed by atoms with Crippen molar-refractivity contribution in [3.05, 3.63) is 48.8 Å². The Hall–Kier alpha value is -4.15. The van der Waals surface area contributed by atoms with Crippen LogP contribution in [0.2, 0.25) is 0 Å². The summed E-state index contributed by atoms with van der Waals surface area (Å²) in [7, 11) is 0. The second kappa shape index (κ2) is 12.2. The lowest BCUT2D eigenvalue weighted by Gasteiger charge is -2.30. The van der Waals surface area contributed by atoms with Crippen LogP contribution in [0.25, 0.3) is 10.8 Å². The van der Waals surface area contributed by atoms with E-state index in [0.717, 1.165) is 30.0 Å². The summed E-state index contributed by atoms with van der Waals surface area (Å²) in [6.07, 6.45) is 9.89. The fourth-order valence-corrected chi connectivity index (χ4v) is 5.96. The van der Waals surface area contributed by atoms with Gasteiger partial charge in [-0.3, -0.25) is 14.6 Å². The topological polar surface area (TPSA) is 147 Å². The van der Waals surface area contributed by atoms with Crippen molar-refractivity contribution in [2.24, 2.45) is 5.92 Å². The molecule has 230 valence electrons. The van der Waals surface area contributed by atoms with Crippen LogP contribution < -0.4 is 15.4 Å². The van der Waals surface area contributed by atoms with Gasteiger partial charge in [0.25, 0.3) is 0 Å². The molecule has 11 heteroatoms. The molecule has 3 N–H and O–H groups in total. The zero-order valence-corrected chi connectivity index (χ0v) is 24.9. The predicted octanol–water partition coefficient (Wildman–Crippen LogP) is 3.96. The summed E-state index contributed by atoms with van der Waals surface area (Å²) in [4.78, 5) is 58.6. The van der Waals surface area contributed by atoms with Gasteiger partial charge in [0.15, 0.2) is 0 Å². The van der Waals surface area contributed by atoms with Crippen molar-refractivity contribution in [1.29, 1.82) is 0 Å². The Morgan fingerprint density at radius 2 is 1.98 bits per heavy atom. The number of carbonyl (C=O) groups excluding carboxylic acids is 3. The first kappa shape index (κ1) is 30.3. The van der Waals surface area contributed by atoms with E-state index in [2.05, 4.69) is 15.6 Å². The van der Waals surface area contributed by atoms with Crippen LogP contribution in [-0.2, 0) is 19.1 Å². The molecule has 2 aromatic rings. The number of nitrogens with one attached hydrogen (secondary N) is 2. The van der Waals surface area contributed by atoms with E-state index < -0.39 is 53.2 Å². The highest BCUT2D eigenvalue weighted by Gasteiger charge is 2.61. The van der Waals surface area contributed by atoms with E-state index in [4.69, 9.17) is 9.47 Å². The van der Waals surface area contributed by atoms with Gasteiger partial charge in [0.2, 0.25) is 11.8 Å². The second-order valence-electron chi connectivity index (χ2n) is 12.7. The fourth-order valence-electron chi connectivity index (χ4n) is 5.96. The minimum Gasteiger partial charge on any atom is -0.488 e. The number of benzene rings is 1. The number of fused-ring (bicyclic) bond motifs is 3. The molecule has 0 bridgehead atoms. The standard InChI is InChI=1S/C32H40N4O7/c1-31(2,3)43-30(41)34-24-12-8-6-4-5-7-11-21-17-32(21,29(39)40)35-27(37)25-16-22(19-36(25)28(24)38)42-26-13-9-10-20-14-15-33-18-23(20)26/h7,9-11,13-15,18,21-22,24-25H,4-6,8,12,16-17,19H2,1-3H3,(H,34,41)(H,35,37)(H,39,40)/b11-7-/t21-,22-,24+,25+,32-/m1/s1. The summed E-state index contributed by atoms with van der Waals surface area (Å²) >= 11 is 0. The highest BCUT2D eigenvalue weighted by atomic mass is 16.6. The number of hydrogen-bond acceptors (Lipinski definition) is 7. The number of pyridine rings is 1. The monoisotopic (exact) mass is 592 g/mol. The molecule has 3 amide bonds. The van der Waals surface area contributed by atoms with Crippen molar-refractivity contribution < 1.29 is 33.8 Å². The molecule has 43 heavy (non-hydrogen) atoms. The van der Waals surface area contributed by atoms with Crippen LogP contribution in [0.3, 0.4) is 0 Å². The van der Waals surface area contributed by atoms with Crippen LogP contribution >= 0.6 is 0 Å². The van der Waals surface area contributed by atoms with E-state index >= 15 is 0 Å². The third kappa shape index (κ3) is 6.92. The number of aromatic nitrogens is 1. The average Bonchev–Trinajstić information content (AvgIpc) is 3.48. The Labute approximate surface area is 251 Å². The first-order valence-corrected chi connectivity index (χ1v) is 15.0. The molecule has 3 aliphatic rings. The molecule has 2 aliphatic heterocycles. The van der Waals surface area contributed by atoms with Crippen molar-refractivity contribution >= 4 is 34.6 Å². The van der Waals surface area contributed by atoms with Crippen LogP contribution in [0.4, 0.5) is 4.79 Å². The molecule has 1 aromatic carbocycles. The van der Waals surface area contributed by atoms with Gasteiger partial charge in [-0.05, 0) is 64.0 Å². The third-order valence-electron chi connectivity index (χ3n) is 8.25. The molecule has 5 atom stereocenters. The summed E-state index contributed by atoms with van der Waals surface area (Å²) in [6.45, 7) is 5.32. The SMILES string of the molecule is CC(C)(C)OC(=O)N[C@H]1CCCCC/C=C\[C@@H]2C[C@@]2(C(=O)O)NC(=O)[C@@H]2C[C@@H](Oc3cccc4ccncc34)CN2C1=O. The highest BCUT2D eigenvalue weighted by molar-refractivity contribution is 5.96. The van der Waals surface area contributed by atoms with E-state index in [0.29, 0.717) is 18.6 Å². The number of carbonyl (C=O) groups is 4. The van der Waals surface area contributed by atoms with Gasteiger partial charge in [-0.2, -0.15) is 0 Å². The number of alkyl carbamates (subject to hydrolysis) is 1. The Bertz CT molecular complexity index is 1410. The van der Waals surface area contributed by atoms with Gasteiger partial charge in [-0.15, -0.1) is 0 Å². The molecule has 1 aromatic heterocycles. The van der Waals surface area contributed by atoms with Crippen molar-refractivity contribution in [1.82, 2.24) is 20.5 Å². The van der Waals surface area contributed by atoms with Gasteiger partial charge in [-0.25, -0.2) is 9.59 Å². The molecule has 1 saturated heterocycles. The Morgan fingerprint density at radius 1 is 1.16 bits per heavy atom. The summed E-state index contributed by atoms with van der Waals surface area (Å²) in [6, 6.07) is 5.58. The van der Waals surface area contributed by atoms with E-state index in [1.54, 1.807) is 33.2 Å².